The molecule has 0 unspecified atom stereocenters. The Morgan fingerprint density at radius 2 is 1.52 bits per heavy atom. The van der Waals surface area contributed by atoms with Gasteiger partial charge in [-0.05, 0) is 48.5 Å². The number of nitrogens with one attached hydrogen (secondary N) is 1. The molecular formula is C17H18FNO4. The second-order valence-corrected chi connectivity index (χ2v) is 4.62. The van der Waals surface area contributed by atoms with Crippen molar-refractivity contribution in [2.45, 2.75) is 0 Å². The lowest BCUT2D eigenvalue weighted by Gasteiger charge is -2.09. The lowest BCUT2D eigenvalue weighted by atomic mass is 10.3. The molecule has 0 heterocycles. The average molecular weight is 319 g/mol. The van der Waals surface area contributed by atoms with Crippen LogP contribution in [-0.4, -0.2) is 32.8 Å². The van der Waals surface area contributed by atoms with Gasteiger partial charge in [0.05, 0.1) is 13.7 Å². The van der Waals surface area contributed by atoms with E-state index in [1.165, 1.54) is 24.3 Å². The molecule has 0 aliphatic carbocycles. The highest BCUT2D eigenvalue weighted by Crippen LogP contribution is 2.16. The van der Waals surface area contributed by atoms with Crippen LogP contribution in [0.3, 0.4) is 0 Å². The first kappa shape index (κ1) is 16.6. The van der Waals surface area contributed by atoms with E-state index in [1.807, 2.05) is 0 Å². The van der Waals surface area contributed by atoms with Crippen molar-refractivity contribution in [1.82, 2.24) is 5.32 Å². The summed E-state index contributed by atoms with van der Waals surface area (Å²) in [4.78, 5) is 11.6. The Morgan fingerprint density at radius 1 is 0.957 bits per heavy atom. The molecule has 1 amide bonds. The predicted octanol–water partition coefficient (Wildman–Crippen LogP) is 2.41. The van der Waals surface area contributed by atoms with Crippen LogP contribution < -0.4 is 19.5 Å². The summed E-state index contributed by atoms with van der Waals surface area (Å²) in [6.07, 6.45) is 0. The highest BCUT2D eigenvalue weighted by molar-refractivity contribution is 5.77. The summed E-state index contributed by atoms with van der Waals surface area (Å²) in [7, 11) is 1.58. The summed E-state index contributed by atoms with van der Waals surface area (Å²) >= 11 is 0. The Balaban J connectivity index is 1.62. The van der Waals surface area contributed by atoms with Crippen molar-refractivity contribution in [3.63, 3.8) is 0 Å². The van der Waals surface area contributed by atoms with Gasteiger partial charge in [-0.15, -0.1) is 0 Å². The van der Waals surface area contributed by atoms with Crippen LogP contribution in [0.2, 0.25) is 0 Å². The third kappa shape index (κ3) is 5.86. The van der Waals surface area contributed by atoms with Crippen molar-refractivity contribution in [2.75, 3.05) is 26.9 Å². The Hall–Kier alpha value is -2.76. The Labute approximate surface area is 134 Å². The number of carbonyl (C=O) groups excluding carboxylic acids is 1. The molecule has 0 spiro atoms. The van der Waals surface area contributed by atoms with Gasteiger partial charge in [-0.2, -0.15) is 0 Å². The van der Waals surface area contributed by atoms with Gasteiger partial charge in [0.15, 0.2) is 6.61 Å². The van der Waals surface area contributed by atoms with Crippen LogP contribution in [0, 0.1) is 5.82 Å². The molecule has 2 aromatic rings. The van der Waals surface area contributed by atoms with Gasteiger partial charge in [0.1, 0.15) is 29.7 Å². The molecule has 0 fully saturated rings. The van der Waals surface area contributed by atoms with Crippen molar-refractivity contribution >= 4 is 5.91 Å². The van der Waals surface area contributed by atoms with Crippen LogP contribution >= 0.6 is 0 Å². The first-order valence-corrected chi connectivity index (χ1v) is 7.09. The molecule has 0 atom stereocenters. The van der Waals surface area contributed by atoms with Gasteiger partial charge in [0.2, 0.25) is 0 Å². The molecule has 0 saturated heterocycles. The largest absolute Gasteiger partial charge is 0.497 e. The normalized spacial score (nSPS) is 10.0. The van der Waals surface area contributed by atoms with E-state index in [-0.39, 0.29) is 18.3 Å². The van der Waals surface area contributed by atoms with E-state index in [9.17, 15) is 9.18 Å². The number of hydrogen-bond donors (Lipinski definition) is 1. The van der Waals surface area contributed by atoms with Crippen molar-refractivity contribution in [3.05, 3.63) is 54.3 Å². The van der Waals surface area contributed by atoms with Crippen LogP contribution in [0.15, 0.2) is 48.5 Å². The molecule has 0 aliphatic rings. The van der Waals surface area contributed by atoms with Crippen LogP contribution in [0.5, 0.6) is 17.2 Å². The molecule has 6 heteroatoms. The summed E-state index contributed by atoms with van der Waals surface area (Å²) in [5.41, 5.74) is 0. The molecular weight excluding hydrogens is 301 g/mol. The van der Waals surface area contributed by atoms with Crippen LogP contribution in [0.1, 0.15) is 0 Å². The number of rotatable bonds is 8. The van der Waals surface area contributed by atoms with E-state index in [2.05, 4.69) is 5.32 Å². The van der Waals surface area contributed by atoms with Crippen molar-refractivity contribution in [1.29, 1.82) is 0 Å². The van der Waals surface area contributed by atoms with Crippen LogP contribution in [0.25, 0.3) is 0 Å². The number of halogens is 1. The maximum atomic E-state index is 12.7. The lowest BCUT2D eigenvalue weighted by Crippen LogP contribution is -2.32. The first-order valence-electron chi connectivity index (χ1n) is 7.09. The van der Waals surface area contributed by atoms with Crippen molar-refractivity contribution in [2.24, 2.45) is 0 Å². The summed E-state index contributed by atoms with van der Waals surface area (Å²) in [5, 5.41) is 2.67. The van der Waals surface area contributed by atoms with Gasteiger partial charge in [-0.1, -0.05) is 0 Å². The van der Waals surface area contributed by atoms with Gasteiger partial charge >= 0.3 is 0 Å². The molecule has 0 aliphatic heterocycles. The molecule has 0 saturated carbocycles. The highest BCUT2D eigenvalue weighted by atomic mass is 19.1. The van der Waals surface area contributed by atoms with Gasteiger partial charge < -0.3 is 19.5 Å². The van der Waals surface area contributed by atoms with Gasteiger partial charge in [-0.3, -0.25) is 4.79 Å². The van der Waals surface area contributed by atoms with Gasteiger partial charge in [-0.25, -0.2) is 4.39 Å². The zero-order valence-corrected chi connectivity index (χ0v) is 12.8. The monoisotopic (exact) mass is 319 g/mol. The smallest absolute Gasteiger partial charge is 0.258 e. The highest BCUT2D eigenvalue weighted by Gasteiger charge is 2.03. The van der Waals surface area contributed by atoms with E-state index in [0.29, 0.717) is 24.7 Å². The zero-order chi connectivity index (χ0) is 16.5. The van der Waals surface area contributed by atoms with E-state index in [4.69, 9.17) is 14.2 Å². The Kier molecular flexibility index (Phi) is 6.23. The number of hydrogen-bond acceptors (Lipinski definition) is 4. The minimum absolute atomic E-state index is 0.0805. The minimum Gasteiger partial charge on any atom is -0.497 e. The number of carbonyl (C=O) groups is 1. The molecule has 23 heavy (non-hydrogen) atoms. The third-order valence-electron chi connectivity index (χ3n) is 2.94. The number of benzene rings is 2. The van der Waals surface area contributed by atoms with E-state index in [0.717, 1.165) is 5.75 Å². The fraction of sp³-hybridized carbons (Fsp3) is 0.235. The average Bonchev–Trinajstić information content (AvgIpc) is 2.59. The third-order valence-corrected chi connectivity index (χ3v) is 2.94. The second-order valence-electron chi connectivity index (χ2n) is 4.62. The summed E-state index contributed by atoms with van der Waals surface area (Å²) in [6, 6.07) is 12.7. The number of ether oxygens (including phenoxy) is 3. The number of methoxy groups -OCH3 is 1. The summed E-state index contributed by atoms with van der Waals surface area (Å²) in [5.74, 6) is 1.29. The molecule has 1 N–H and O–H groups in total. The SMILES string of the molecule is COc1ccc(OCC(=O)NCCOc2ccc(F)cc2)cc1. The van der Waals surface area contributed by atoms with E-state index in [1.54, 1.807) is 31.4 Å². The lowest BCUT2D eigenvalue weighted by molar-refractivity contribution is -0.123. The van der Waals surface area contributed by atoms with E-state index >= 15 is 0 Å². The molecule has 0 radical (unpaired) electrons. The maximum Gasteiger partial charge on any atom is 0.258 e. The standard InChI is InChI=1S/C17H18FNO4/c1-21-14-6-8-16(9-7-14)23-12-17(20)19-10-11-22-15-4-2-13(18)3-5-15/h2-9H,10-12H2,1H3,(H,19,20). The maximum absolute atomic E-state index is 12.7. The van der Waals surface area contributed by atoms with Crippen molar-refractivity contribution < 1.29 is 23.4 Å². The summed E-state index contributed by atoms with van der Waals surface area (Å²) in [6.45, 7) is 0.547. The molecule has 0 bridgehead atoms. The molecule has 0 aromatic heterocycles. The molecule has 5 nitrogen and oxygen atoms in total. The minimum atomic E-state index is -0.318. The molecule has 122 valence electrons. The fourth-order valence-electron chi connectivity index (χ4n) is 1.76. The van der Waals surface area contributed by atoms with Crippen LogP contribution in [-0.2, 0) is 4.79 Å². The second kappa shape index (κ2) is 8.63. The van der Waals surface area contributed by atoms with Gasteiger partial charge in [0.25, 0.3) is 5.91 Å². The molecule has 2 aromatic carbocycles. The Morgan fingerprint density at radius 3 is 2.17 bits per heavy atom. The first-order chi connectivity index (χ1) is 11.2. The van der Waals surface area contributed by atoms with Gasteiger partial charge in [0, 0.05) is 0 Å². The van der Waals surface area contributed by atoms with Crippen LogP contribution in [0.4, 0.5) is 4.39 Å². The Bertz CT molecular complexity index is 613. The van der Waals surface area contributed by atoms with Crippen molar-refractivity contribution in [3.8, 4) is 17.2 Å². The zero-order valence-electron chi connectivity index (χ0n) is 12.8. The number of amides is 1. The quantitative estimate of drug-likeness (QED) is 0.759. The predicted molar refractivity (Wildman–Crippen MR) is 83.4 cm³/mol. The fourth-order valence-corrected chi connectivity index (χ4v) is 1.76. The topological polar surface area (TPSA) is 56.8 Å². The van der Waals surface area contributed by atoms with E-state index < -0.39 is 0 Å². The summed E-state index contributed by atoms with van der Waals surface area (Å²) < 4.78 is 28.5. The molecule has 2 rings (SSSR count).